The third-order valence-corrected chi connectivity index (χ3v) is 15.1. The van der Waals surface area contributed by atoms with Crippen molar-refractivity contribution in [1.29, 1.82) is 0 Å². The van der Waals surface area contributed by atoms with Crippen molar-refractivity contribution in [3.05, 3.63) is 12.2 Å². The van der Waals surface area contributed by atoms with Crippen molar-refractivity contribution in [3.63, 3.8) is 0 Å². The first-order valence-electron chi connectivity index (χ1n) is 32.0. The molecule has 70 heavy (non-hydrogen) atoms. The molecule has 0 fully saturated rings. The zero-order valence-electron chi connectivity index (χ0n) is 47.5. The Labute approximate surface area is 438 Å². The number of allylic oxidation sites excluding steroid dienone is 1. The number of carbonyl (C=O) groups excluding carboxylic acids is 2. The molecule has 0 aromatic rings. The highest BCUT2D eigenvalue weighted by Gasteiger charge is 2.18. The molecule has 3 N–H and O–H groups in total. The number of rotatable bonds is 60. The summed E-state index contributed by atoms with van der Waals surface area (Å²) in [5.74, 6) is -0.0619. The number of esters is 1. The van der Waals surface area contributed by atoms with Crippen LogP contribution in [0.1, 0.15) is 361 Å². The summed E-state index contributed by atoms with van der Waals surface area (Å²) in [5, 5.41) is 23.2. The Hall–Kier alpha value is -1.40. The second-order valence-electron chi connectivity index (χ2n) is 22.1. The first-order chi connectivity index (χ1) is 34.5. The number of unbranched alkanes of at least 4 members (excludes halogenated alkanes) is 49. The van der Waals surface area contributed by atoms with Crippen molar-refractivity contribution in [2.45, 2.75) is 373 Å². The van der Waals surface area contributed by atoms with Gasteiger partial charge in [-0.25, -0.2) is 0 Å². The standard InChI is InChI=1S/C64H125NO5/c1-3-5-7-9-11-13-15-17-18-19-20-21-22-23-24-26-29-33-36-40-44-48-52-56-62(67)61(60-66)65-63(68)57-53-49-45-41-37-34-30-27-25-28-31-35-39-43-47-51-55-59-70-64(69)58-54-50-46-42-38-32-16-14-12-10-8-6-4-2/h52,56,61-62,66-67H,3-51,53-55,57-60H2,1-2H3,(H,65,68)/b56-52+. The molecule has 0 heterocycles. The van der Waals surface area contributed by atoms with Gasteiger partial charge in [-0.15, -0.1) is 0 Å². The molecule has 0 rings (SSSR count). The summed E-state index contributed by atoms with van der Waals surface area (Å²) in [4.78, 5) is 24.5. The van der Waals surface area contributed by atoms with Gasteiger partial charge in [-0.05, 0) is 32.1 Å². The van der Waals surface area contributed by atoms with Crippen LogP contribution in [0.5, 0.6) is 0 Å². The second kappa shape index (κ2) is 60.2. The van der Waals surface area contributed by atoms with Crippen LogP contribution in [0.25, 0.3) is 0 Å². The van der Waals surface area contributed by atoms with Crippen molar-refractivity contribution < 1.29 is 24.5 Å². The fourth-order valence-corrected chi connectivity index (χ4v) is 10.2. The molecule has 6 heteroatoms. The Kier molecular flexibility index (Phi) is 59.0. The number of amides is 1. The van der Waals surface area contributed by atoms with Crippen molar-refractivity contribution in [2.75, 3.05) is 13.2 Å². The van der Waals surface area contributed by atoms with Crippen LogP contribution in [-0.4, -0.2) is 47.4 Å². The van der Waals surface area contributed by atoms with E-state index in [2.05, 4.69) is 19.2 Å². The molecule has 0 bridgehead atoms. The predicted molar refractivity (Wildman–Crippen MR) is 306 cm³/mol. The van der Waals surface area contributed by atoms with Crippen LogP contribution in [0.15, 0.2) is 12.2 Å². The van der Waals surface area contributed by atoms with Gasteiger partial charge < -0.3 is 20.3 Å². The zero-order chi connectivity index (χ0) is 50.7. The summed E-state index contributed by atoms with van der Waals surface area (Å²) in [5.41, 5.74) is 0. The van der Waals surface area contributed by atoms with Crippen LogP contribution in [0, 0.1) is 0 Å². The Morgan fingerprint density at radius 1 is 0.386 bits per heavy atom. The minimum absolute atomic E-state index is 0.00702. The normalized spacial score (nSPS) is 12.6. The maximum atomic E-state index is 12.5. The molecule has 0 radical (unpaired) electrons. The molecule has 416 valence electrons. The Balaban J connectivity index is 3.44. The maximum absolute atomic E-state index is 12.5. The van der Waals surface area contributed by atoms with Gasteiger partial charge in [-0.2, -0.15) is 0 Å². The maximum Gasteiger partial charge on any atom is 0.305 e. The van der Waals surface area contributed by atoms with Gasteiger partial charge in [0.05, 0.1) is 25.4 Å². The second-order valence-corrected chi connectivity index (χ2v) is 22.1. The molecular weight excluding hydrogens is 863 g/mol. The van der Waals surface area contributed by atoms with Crippen LogP contribution in [0.2, 0.25) is 0 Å². The molecular formula is C64H125NO5. The lowest BCUT2D eigenvalue weighted by atomic mass is 10.0. The van der Waals surface area contributed by atoms with Gasteiger partial charge in [0.25, 0.3) is 0 Å². The summed E-state index contributed by atoms with van der Waals surface area (Å²) >= 11 is 0. The minimum Gasteiger partial charge on any atom is -0.466 e. The van der Waals surface area contributed by atoms with Crippen LogP contribution in [0.4, 0.5) is 0 Å². The fraction of sp³-hybridized carbons (Fsp3) is 0.938. The fourth-order valence-electron chi connectivity index (χ4n) is 10.2. The molecule has 0 aromatic carbocycles. The average Bonchev–Trinajstić information content (AvgIpc) is 3.36. The van der Waals surface area contributed by atoms with Gasteiger partial charge >= 0.3 is 5.97 Å². The minimum atomic E-state index is -0.848. The summed E-state index contributed by atoms with van der Waals surface area (Å²) in [6.07, 6.45) is 72.5. The molecule has 0 aliphatic carbocycles. The summed E-state index contributed by atoms with van der Waals surface area (Å²) < 4.78 is 5.48. The van der Waals surface area contributed by atoms with Crippen molar-refractivity contribution in [1.82, 2.24) is 5.32 Å². The molecule has 0 spiro atoms. The van der Waals surface area contributed by atoms with E-state index in [-0.39, 0.29) is 18.5 Å². The van der Waals surface area contributed by atoms with Crippen LogP contribution in [0.3, 0.4) is 0 Å². The van der Waals surface area contributed by atoms with E-state index in [0.29, 0.717) is 19.4 Å². The first-order valence-corrected chi connectivity index (χ1v) is 32.0. The molecule has 6 nitrogen and oxygen atoms in total. The quantitative estimate of drug-likeness (QED) is 0.0321. The van der Waals surface area contributed by atoms with E-state index in [1.54, 1.807) is 6.08 Å². The molecule has 2 atom stereocenters. The Morgan fingerprint density at radius 3 is 0.971 bits per heavy atom. The number of nitrogens with one attached hydrogen (secondary N) is 1. The van der Waals surface area contributed by atoms with E-state index in [9.17, 15) is 19.8 Å². The highest BCUT2D eigenvalue weighted by molar-refractivity contribution is 5.76. The molecule has 2 unspecified atom stereocenters. The number of aliphatic hydroxyl groups excluding tert-OH is 2. The van der Waals surface area contributed by atoms with Gasteiger partial charge in [0, 0.05) is 12.8 Å². The van der Waals surface area contributed by atoms with Gasteiger partial charge in [-0.1, -0.05) is 328 Å². The number of ether oxygens (including phenoxy) is 1. The van der Waals surface area contributed by atoms with E-state index in [1.165, 1.54) is 295 Å². The van der Waals surface area contributed by atoms with E-state index in [1.807, 2.05) is 6.08 Å². The monoisotopic (exact) mass is 988 g/mol. The predicted octanol–water partition coefficient (Wildman–Crippen LogP) is 20.0. The van der Waals surface area contributed by atoms with Crippen LogP contribution in [-0.2, 0) is 14.3 Å². The Bertz CT molecular complexity index is 1050. The topological polar surface area (TPSA) is 95.9 Å². The highest BCUT2D eigenvalue weighted by atomic mass is 16.5. The van der Waals surface area contributed by atoms with E-state index in [0.717, 1.165) is 38.5 Å². The Morgan fingerprint density at radius 2 is 0.657 bits per heavy atom. The zero-order valence-corrected chi connectivity index (χ0v) is 47.5. The van der Waals surface area contributed by atoms with Gasteiger partial charge in [-0.3, -0.25) is 9.59 Å². The number of hydrogen-bond donors (Lipinski definition) is 3. The number of aliphatic hydroxyl groups is 2. The lowest BCUT2D eigenvalue weighted by Crippen LogP contribution is -2.45. The summed E-state index contributed by atoms with van der Waals surface area (Å²) in [6, 6.07) is -0.632. The van der Waals surface area contributed by atoms with E-state index < -0.39 is 12.1 Å². The average molecular weight is 989 g/mol. The van der Waals surface area contributed by atoms with Crippen molar-refractivity contribution in [3.8, 4) is 0 Å². The summed E-state index contributed by atoms with van der Waals surface area (Å²) in [7, 11) is 0. The smallest absolute Gasteiger partial charge is 0.305 e. The summed E-state index contributed by atoms with van der Waals surface area (Å²) in [6.45, 7) is 4.93. The lowest BCUT2D eigenvalue weighted by Gasteiger charge is -2.20. The lowest BCUT2D eigenvalue weighted by molar-refractivity contribution is -0.143. The molecule has 0 aliphatic rings. The molecule has 0 aromatic heterocycles. The van der Waals surface area contributed by atoms with Gasteiger partial charge in [0.2, 0.25) is 5.91 Å². The molecule has 0 saturated heterocycles. The van der Waals surface area contributed by atoms with Crippen LogP contribution >= 0.6 is 0 Å². The SMILES string of the molecule is CCCCCCCCCCCCCCCCCCCCCCC/C=C/C(O)C(CO)NC(=O)CCCCCCCCCCCCCCCCCCCOC(=O)CCCCCCCCCCCCCCC. The van der Waals surface area contributed by atoms with Crippen LogP contribution < -0.4 is 5.32 Å². The van der Waals surface area contributed by atoms with E-state index in [4.69, 9.17) is 4.74 Å². The third-order valence-electron chi connectivity index (χ3n) is 15.1. The largest absolute Gasteiger partial charge is 0.466 e. The van der Waals surface area contributed by atoms with Gasteiger partial charge in [0.15, 0.2) is 0 Å². The molecule has 0 aliphatic heterocycles. The number of hydrogen-bond acceptors (Lipinski definition) is 5. The molecule has 0 saturated carbocycles. The van der Waals surface area contributed by atoms with Gasteiger partial charge in [0.1, 0.15) is 0 Å². The van der Waals surface area contributed by atoms with Crippen molar-refractivity contribution in [2.24, 2.45) is 0 Å². The number of carbonyl (C=O) groups is 2. The van der Waals surface area contributed by atoms with E-state index >= 15 is 0 Å². The highest BCUT2D eigenvalue weighted by Crippen LogP contribution is 2.18. The first kappa shape index (κ1) is 68.6. The molecule has 1 amide bonds. The third kappa shape index (κ3) is 55.9. The van der Waals surface area contributed by atoms with Crippen molar-refractivity contribution >= 4 is 11.9 Å².